The Morgan fingerprint density at radius 1 is 1.03 bits per heavy atom. The second-order valence-electron chi connectivity index (χ2n) is 9.22. The number of anilines is 1. The first-order valence-electron chi connectivity index (χ1n) is 12.4. The minimum absolute atomic E-state index is 0.0892. The van der Waals surface area contributed by atoms with Crippen LogP contribution >= 0.6 is 0 Å². The SMILES string of the molecule is CN(C)c1ccc(CNNC(=O)[C@]2(Cc3ccccc3)COC(c3ccc(OCCCO)cc3)=N2)cc1. The summed E-state index contributed by atoms with van der Waals surface area (Å²) < 4.78 is 11.6. The van der Waals surface area contributed by atoms with Crippen molar-refractivity contribution in [2.45, 2.75) is 24.9 Å². The van der Waals surface area contributed by atoms with E-state index < -0.39 is 5.54 Å². The summed E-state index contributed by atoms with van der Waals surface area (Å²) in [6, 6.07) is 25.3. The fourth-order valence-corrected chi connectivity index (χ4v) is 4.02. The van der Waals surface area contributed by atoms with Gasteiger partial charge in [0.05, 0.1) is 6.61 Å². The van der Waals surface area contributed by atoms with Crippen molar-refractivity contribution >= 4 is 17.5 Å². The van der Waals surface area contributed by atoms with Crippen molar-refractivity contribution in [2.24, 2.45) is 4.99 Å². The van der Waals surface area contributed by atoms with Crippen molar-refractivity contribution < 1.29 is 19.4 Å². The summed E-state index contributed by atoms with van der Waals surface area (Å²) in [4.78, 5) is 20.3. The predicted octanol–water partition coefficient (Wildman–Crippen LogP) is 3.09. The molecule has 1 aliphatic rings. The molecular formula is C29H34N4O4. The lowest BCUT2D eigenvalue weighted by Crippen LogP contribution is -2.52. The van der Waals surface area contributed by atoms with Crippen LogP contribution in [0.4, 0.5) is 5.69 Å². The molecule has 8 heteroatoms. The first-order valence-corrected chi connectivity index (χ1v) is 12.4. The van der Waals surface area contributed by atoms with Gasteiger partial charge >= 0.3 is 0 Å². The molecule has 1 amide bonds. The third kappa shape index (κ3) is 6.87. The Hall–Kier alpha value is -3.88. The summed E-state index contributed by atoms with van der Waals surface area (Å²) in [6.07, 6.45) is 0.981. The molecule has 194 valence electrons. The van der Waals surface area contributed by atoms with Gasteiger partial charge in [-0.3, -0.25) is 10.2 Å². The molecule has 4 rings (SSSR count). The highest BCUT2D eigenvalue weighted by atomic mass is 16.5. The highest BCUT2D eigenvalue weighted by Gasteiger charge is 2.44. The van der Waals surface area contributed by atoms with Crippen LogP contribution in [0.2, 0.25) is 0 Å². The number of aliphatic imine (C=N–C) groups is 1. The van der Waals surface area contributed by atoms with Crippen LogP contribution in [0.5, 0.6) is 5.75 Å². The fraction of sp³-hybridized carbons (Fsp3) is 0.310. The molecule has 0 fully saturated rings. The maximum Gasteiger partial charge on any atom is 0.266 e. The molecule has 1 aliphatic heterocycles. The van der Waals surface area contributed by atoms with Crippen molar-refractivity contribution in [3.05, 3.63) is 95.6 Å². The van der Waals surface area contributed by atoms with Gasteiger partial charge in [-0.1, -0.05) is 42.5 Å². The minimum Gasteiger partial charge on any atom is -0.494 e. The Kier molecular flexibility index (Phi) is 8.77. The zero-order chi connectivity index (χ0) is 26.1. The number of hydrogen-bond donors (Lipinski definition) is 3. The smallest absolute Gasteiger partial charge is 0.266 e. The van der Waals surface area contributed by atoms with Gasteiger partial charge in [-0.15, -0.1) is 0 Å². The number of rotatable bonds is 12. The van der Waals surface area contributed by atoms with Crippen LogP contribution < -0.4 is 20.5 Å². The van der Waals surface area contributed by atoms with Crippen molar-refractivity contribution in [1.82, 2.24) is 10.9 Å². The number of nitrogens with zero attached hydrogens (tertiary/aromatic N) is 2. The number of benzene rings is 3. The molecule has 0 aromatic heterocycles. The summed E-state index contributed by atoms with van der Waals surface area (Å²) in [5, 5.41) is 8.92. The summed E-state index contributed by atoms with van der Waals surface area (Å²) in [6.45, 7) is 1.15. The number of nitrogens with one attached hydrogen (secondary N) is 2. The normalized spacial score (nSPS) is 16.6. The van der Waals surface area contributed by atoms with E-state index in [1.807, 2.05) is 97.9 Å². The zero-order valence-corrected chi connectivity index (χ0v) is 21.3. The van der Waals surface area contributed by atoms with Crippen LogP contribution in [0.15, 0.2) is 83.9 Å². The minimum atomic E-state index is -1.10. The molecule has 3 N–H and O–H groups in total. The largest absolute Gasteiger partial charge is 0.494 e. The molecule has 3 aromatic carbocycles. The molecule has 3 aromatic rings. The van der Waals surface area contributed by atoms with Crippen LogP contribution in [0, 0.1) is 0 Å². The molecule has 0 radical (unpaired) electrons. The zero-order valence-electron chi connectivity index (χ0n) is 21.3. The molecule has 1 atom stereocenters. The molecule has 0 spiro atoms. The number of carbonyl (C=O) groups is 1. The average Bonchev–Trinajstić information content (AvgIpc) is 3.35. The number of aliphatic hydroxyl groups is 1. The lowest BCUT2D eigenvalue weighted by molar-refractivity contribution is -0.127. The molecule has 0 unspecified atom stereocenters. The van der Waals surface area contributed by atoms with Crippen LogP contribution in [-0.2, 0) is 22.5 Å². The van der Waals surface area contributed by atoms with E-state index in [-0.39, 0.29) is 19.1 Å². The first-order chi connectivity index (χ1) is 18.0. The van der Waals surface area contributed by atoms with E-state index in [4.69, 9.17) is 19.6 Å². The standard InChI is InChI=1S/C29H34N4O4/c1-33(2)25-13-9-23(10-14-25)20-30-32-28(35)29(19-22-7-4-3-5-8-22)21-37-27(31-29)24-11-15-26(16-12-24)36-18-6-17-34/h3-5,7-16,30,34H,6,17-21H2,1-2H3,(H,32,35)/t29-/m0/s1. The number of amides is 1. The van der Waals surface area contributed by atoms with Crippen molar-refractivity contribution in [3.8, 4) is 5.75 Å². The molecule has 0 aliphatic carbocycles. The summed E-state index contributed by atoms with van der Waals surface area (Å²) >= 11 is 0. The van der Waals surface area contributed by atoms with Gasteiger partial charge in [0.15, 0.2) is 5.54 Å². The van der Waals surface area contributed by atoms with E-state index in [2.05, 4.69) is 10.9 Å². The first kappa shape index (κ1) is 26.2. The van der Waals surface area contributed by atoms with E-state index in [0.717, 1.165) is 22.4 Å². The van der Waals surface area contributed by atoms with E-state index in [9.17, 15) is 4.79 Å². The van der Waals surface area contributed by atoms with Crippen LogP contribution in [-0.4, -0.2) is 56.4 Å². The van der Waals surface area contributed by atoms with E-state index >= 15 is 0 Å². The van der Waals surface area contributed by atoms with Crippen LogP contribution in [0.3, 0.4) is 0 Å². The van der Waals surface area contributed by atoms with Crippen molar-refractivity contribution in [3.63, 3.8) is 0 Å². The molecule has 0 saturated carbocycles. The third-order valence-corrected chi connectivity index (χ3v) is 6.14. The molecular weight excluding hydrogens is 468 g/mol. The maximum atomic E-state index is 13.5. The van der Waals surface area contributed by atoms with Gasteiger partial charge in [-0.05, 0) is 47.5 Å². The second kappa shape index (κ2) is 12.4. The highest BCUT2D eigenvalue weighted by Crippen LogP contribution is 2.27. The molecule has 1 heterocycles. The maximum absolute atomic E-state index is 13.5. The Morgan fingerprint density at radius 3 is 2.43 bits per heavy atom. The van der Waals surface area contributed by atoms with Gasteiger partial charge in [0, 0.05) is 51.3 Å². The van der Waals surface area contributed by atoms with E-state index in [1.165, 1.54) is 0 Å². The topological polar surface area (TPSA) is 95.4 Å². The number of hydrazine groups is 1. The average molecular weight is 503 g/mol. The molecule has 0 bridgehead atoms. The monoisotopic (exact) mass is 502 g/mol. The van der Waals surface area contributed by atoms with Crippen molar-refractivity contribution in [1.29, 1.82) is 0 Å². The van der Waals surface area contributed by atoms with Crippen LogP contribution in [0.25, 0.3) is 0 Å². The molecule has 0 saturated heterocycles. The van der Waals surface area contributed by atoms with Crippen LogP contribution in [0.1, 0.15) is 23.1 Å². The number of aliphatic hydroxyl groups excluding tert-OH is 1. The van der Waals surface area contributed by atoms with Gasteiger partial charge in [0.2, 0.25) is 5.90 Å². The number of ether oxygens (including phenoxy) is 2. The van der Waals surface area contributed by atoms with Gasteiger partial charge in [-0.25, -0.2) is 10.4 Å². The quantitative estimate of drug-likeness (QED) is 0.260. The number of hydrogen-bond acceptors (Lipinski definition) is 7. The summed E-state index contributed by atoms with van der Waals surface area (Å²) in [7, 11) is 4.00. The fourth-order valence-electron chi connectivity index (χ4n) is 4.02. The Balaban J connectivity index is 1.47. The Labute approximate surface area is 217 Å². The van der Waals surface area contributed by atoms with E-state index in [1.54, 1.807) is 0 Å². The highest BCUT2D eigenvalue weighted by molar-refractivity contribution is 6.00. The predicted molar refractivity (Wildman–Crippen MR) is 145 cm³/mol. The Bertz CT molecular complexity index is 1180. The van der Waals surface area contributed by atoms with Gasteiger partial charge in [0.1, 0.15) is 12.4 Å². The molecule has 8 nitrogen and oxygen atoms in total. The van der Waals surface area contributed by atoms with Gasteiger partial charge in [-0.2, -0.15) is 0 Å². The summed E-state index contributed by atoms with van der Waals surface area (Å²) in [5.74, 6) is 0.874. The molecule has 37 heavy (non-hydrogen) atoms. The van der Waals surface area contributed by atoms with E-state index in [0.29, 0.717) is 37.6 Å². The number of carbonyl (C=O) groups excluding carboxylic acids is 1. The lowest BCUT2D eigenvalue weighted by atomic mass is 9.91. The Morgan fingerprint density at radius 2 is 1.76 bits per heavy atom. The third-order valence-electron chi connectivity index (χ3n) is 6.14. The second-order valence-corrected chi connectivity index (χ2v) is 9.22. The van der Waals surface area contributed by atoms with Gasteiger partial charge < -0.3 is 19.5 Å². The summed E-state index contributed by atoms with van der Waals surface area (Å²) in [5.41, 5.74) is 8.74. The van der Waals surface area contributed by atoms with Gasteiger partial charge in [0.25, 0.3) is 5.91 Å². The lowest BCUT2D eigenvalue weighted by Gasteiger charge is -2.23. The van der Waals surface area contributed by atoms with Crippen molar-refractivity contribution in [2.75, 3.05) is 38.8 Å².